The number of carbonyl (C=O) groups excluding carboxylic acids is 1. The number of hydrogen-bond donors (Lipinski definition) is 0. The Morgan fingerprint density at radius 2 is 2.23 bits per heavy atom. The van der Waals surface area contributed by atoms with Gasteiger partial charge in [-0.05, 0) is 38.3 Å². The van der Waals surface area contributed by atoms with Crippen LogP contribution in [0.15, 0.2) is 24.4 Å². The number of likely N-dealkylation sites (tertiary alicyclic amines) is 1. The van der Waals surface area contributed by atoms with Crippen LogP contribution in [0.25, 0.3) is 0 Å². The number of aryl methyl sites for hydroxylation is 3. The molecule has 0 radical (unpaired) electrons. The Balaban J connectivity index is 1.91. The Hall–Kier alpha value is -2.17. The lowest BCUT2D eigenvalue weighted by Gasteiger charge is -2.24. The molecule has 5 nitrogen and oxygen atoms in total. The van der Waals surface area contributed by atoms with Gasteiger partial charge in [-0.15, -0.1) is 0 Å². The predicted molar refractivity (Wildman–Crippen MR) is 84.6 cm³/mol. The first-order valence-electron chi connectivity index (χ1n) is 7.87. The van der Waals surface area contributed by atoms with E-state index in [1.54, 1.807) is 4.68 Å². The van der Waals surface area contributed by atoms with Gasteiger partial charge in [-0.2, -0.15) is 5.10 Å². The maximum absolute atomic E-state index is 13.0. The maximum Gasteiger partial charge on any atom is 0.257 e. The van der Waals surface area contributed by atoms with Gasteiger partial charge in [0.2, 0.25) is 0 Å². The van der Waals surface area contributed by atoms with Gasteiger partial charge in [-0.1, -0.05) is 13.0 Å². The van der Waals surface area contributed by atoms with Gasteiger partial charge in [0.25, 0.3) is 5.91 Å². The van der Waals surface area contributed by atoms with Gasteiger partial charge in [-0.25, -0.2) is 0 Å². The summed E-state index contributed by atoms with van der Waals surface area (Å²) in [6.07, 6.45) is 4.60. The number of rotatable bonds is 3. The predicted octanol–water partition coefficient (Wildman–Crippen LogP) is 2.66. The van der Waals surface area contributed by atoms with Gasteiger partial charge in [-0.3, -0.25) is 14.5 Å². The highest BCUT2D eigenvalue weighted by atomic mass is 16.2. The summed E-state index contributed by atoms with van der Waals surface area (Å²) in [5.41, 5.74) is 3.58. The van der Waals surface area contributed by atoms with Crippen LogP contribution >= 0.6 is 0 Å². The monoisotopic (exact) mass is 298 g/mol. The van der Waals surface area contributed by atoms with Gasteiger partial charge < -0.3 is 4.90 Å². The van der Waals surface area contributed by atoms with Gasteiger partial charge in [0.15, 0.2) is 0 Å². The minimum absolute atomic E-state index is 0.0794. The minimum Gasteiger partial charge on any atom is -0.330 e. The molecule has 0 bridgehead atoms. The lowest BCUT2D eigenvalue weighted by Crippen LogP contribution is -2.31. The van der Waals surface area contributed by atoms with Crippen molar-refractivity contribution in [3.63, 3.8) is 0 Å². The molecule has 1 fully saturated rings. The van der Waals surface area contributed by atoms with Gasteiger partial charge >= 0.3 is 0 Å². The molecular weight excluding hydrogens is 276 g/mol. The van der Waals surface area contributed by atoms with Crippen molar-refractivity contribution in [2.24, 2.45) is 7.05 Å². The van der Waals surface area contributed by atoms with Gasteiger partial charge in [0.05, 0.1) is 23.0 Å². The zero-order valence-corrected chi connectivity index (χ0v) is 13.4. The summed E-state index contributed by atoms with van der Waals surface area (Å²) < 4.78 is 1.72. The molecule has 2 aromatic heterocycles. The van der Waals surface area contributed by atoms with E-state index < -0.39 is 0 Å². The van der Waals surface area contributed by atoms with Gasteiger partial charge in [0.1, 0.15) is 0 Å². The van der Waals surface area contributed by atoms with Crippen molar-refractivity contribution in [1.29, 1.82) is 0 Å². The first-order valence-corrected chi connectivity index (χ1v) is 7.87. The van der Waals surface area contributed by atoms with E-state index in [4.69, 9.17) is 0 Å². The molecule has 0 spiro atoms. The van der Waals surface area contributed by atoms with E-state index in [0.29, 0.717) is 0 Å². The lowest BCUT2D eigenvalue weighted by atomic mass is 10.1. The molecule has 1 aliphatic heterocycles. The van der Waals surface area contributed by atoms with E-state index in [0.717, 1.165) is 48.5 Å². The summed E-state index contributed by atoms with van der Waals surface area (Å²) in [5.74, 6) is 0.0794. The van der Waals surface area contributed by atoms with Crippen LogP contribution in [0.3, 0.4) is 0 Å². The number of hydrogen-bond acceptors (Lipinski definition) is 3. The largest absolute Gasteiger partial charge is 0.330 e. The number of carbonyl (C=O) groups is 1. The van der Waals surface area contributed by atoms with E-state index in [2.05, 4.69) is 10.1 Å². The molecule has 2 aromatic rings. The van der Waals surface area contributed by atoms with E-state index in [1.807, 2.05) is 50.2 Å². The van der Waals surface area contributed by atoms with Crippen molar-refractivity contribution < 1.29 is 4.79 Å². The second-order valence-electron chi connectivity index (χ2n) is 5.88. The van der Waals surface area contributed by atoms with Crippen LogP contribution in [0.1, 0.15) is 53.2 Å². The number of aromatic nitrogens is 3. The van der Waals surface area contributed by atoms with Crippen molar-refractivity contribution in [1.82, 2.24) is 19.7 Å². The topological polar surface area (TPSA) is 51.0 Å². The Bertz CT molecular complexity index is 692. The number of nitrogens with zero attached hydrogens (tertiary/aromatic N) is 4. The zero-order chi connectivity index (χ0) is 15.7. The Morgan fingerprint density at radius 3 is 2.95 bits per heavy atom. The van der Waals surface area contributed by atoms with Crippen LogP contribution in [-0.4, -0.2) is 32.1 Å². The van der Waals surface area contributed by atoms with Crippen molar-refractivity contribution in [2.45, 2.75) is 39.2 Å². The SMILES string of the molecule is CCc1nn(C)cc1C(=O)N1CCCC1c1cccc(C)n1. The second kappa shape index (κ2) is 5.91. The Morgan fingerprint density at radius 1 is 1.41 bits per heavy atom. The normalized spacial score (nSPS) is 18.0. The second-order valence-corrected chi connectivity index (χ2v) is 5.88. The highest BCUT2D eigenvalue weighted by Crippen LogP contribution is 2.32. The fourth-order valence-electron chi connectivity index (χ4n) is 3.20. The summed E-state index contributed by atoms with van der Waals surface area (Å²) in [4.78, 5) is 19.5. The number of pyridine rings is 1. The molecule has 1 saturated heterocycles. The lowest BCUT2D eigenvalue weighted by molar-refractivity contribution is 0.0731. The van der Waals surface area contributed by atoms with Crippen LogP contribution in [0, 0.1) is 6.92 Å². The first kappa shape index (κ1) is 14.8. The molecule has 5 heteroatoms. The average Bonchev–Trinajstić information content (AvgIpc) is 3.12. The fraction of sp³-hybridized carbons (Fsp3) is 0.471. The van der Waals surface area contributed by atoms with E-state index in [9.17, 15) is 4.79 Å². The van der Waals surface area contributed by atoms with Crippen LogP contribution in [0.2, 0.25) is 0 Å². The summed E-state index contributed by atoms with van der Waals surface area (Å²) in [6, 6.07) is 6.10. The fourth-order valence-corrected chi connectivity index (χ4v) is 3.20. The van der Waals surface area contributed by atoms with Crippen LogP contribution in [0.5, 0.6) is 0 Å². The smallest absolute Gasteiger partial charge is 0.257 e. The van der Waals surface area contributed by atoms with E-state index in [-0.39, 0.29) is 11.9 Å². The molecule has 116 valence electrons. The molecule has 1 atom stereocenters. The van der Waals surface area contributed by atoms with Crippen LogP contribution in [-0.2, 0) is 13.5 Å². The van der Waals surface area contributed by atoms with Crippen molar-refractivity contribution in [3.05, 3.63) is 47.0 Å². The molecule has 0 aromatic carbocycles. The maximum atomic E-state index is 13.0. The molecule has 1 aliphatic rings. The highest BCUT2D eigenvalue weighted by Gasteiger charge is 2.33. The summed E-state index contributed by atoms with van der Waals surface area (Å²) >= 11 is 0. The standard InChI is InChI=1S/C17H22N4O/c1-4-14-13(11-20(3)19-14)17(22)21-10-6-9-16(21)15-8-5-7-12(2)18-15/h5,7-8,11,16H,4,6,9-10H2,1-3H3. The third-order valence-electron chi connectivity index (χ3n) is 4.24. The molecule has 0 N–H and O–H groups in total. The number of amides is 1. The Kier molecular flexibility index (Phi) is 3.96. The van der Waals surface area contributed by atoms with Crippen molar-refractivity contribution in [2.75, 3.05) is 6.54 Å². The molecule has 1 unspecified atom stereocenters. The van der Waals surface area contributed by atoms with E-state index >= 15 is 0 Å². The van der Waals surface area contributed by atoms with Crippen LogP contribution in [0.4, 0.5) is 0 Å². The van der Waals surface area contributed by atoms with Crippen LogP contribution < -0.4 is 0 Å². The molecule has 0 saturated carbocycles. The minimum atomic E-state index is 0.0794. The third-order valence-corrected chi connectivity index (χ3v) is 4.24. The molecule has 3 rings (SSSR count). The highest BCUT2D eigenvalue weighted by molar-refractivity contribution is 5.95. The Labute approximate surface area is 131 Å². The quantitative estimate of drug-likeness (QED) is 0.875. The third kappa shape index (κ3) is 2.63. The molecule has 1 amide bonds. The first-order chi connectivity index (χ1) is 10.6. The molecular formula is C17H22N4O. The van der Waals surface area contributed by atoms with Crippen molar-refractivity contribution in [3.8, 4) is 0 Å². The van der Waals surface area contributed by atoms with Gasteiger partial charge in [0, 0.05) is 25.5 Å². The van der Waals surface area contributed by atoms with Crippen molar-refractivity contribution >= 4 is 5.91 Å². The molecule has 3 heterocycles. The summed E-state index contributed by atoms with van der Waals surface area (Å²) in [6.45, 7) is 4.81. The van der Waals surface area contributed by atoms with E-state index in [1.165, 1.54) is 0 Å². The summed E-state index contributed by atoms with van der Waals surface area (Å²) in [7, 11) is 1.86. The average molecular weight is 298 g/mol. The molecule has 0 aliphatic carbocycles. The summed E-state index contributed by atoms with van der Waals surface area (Å²) in [5, 5.41) is 4.39. The zero-order valence-electron chi connectivity index (χ0n) is 13.4. The molecule has 22 heavy (non-hydrogen) atoms.